The number of carboxylic acids is 1. The Balaban J connectivity index is 1.12. The fourth-order valence-corrected chi connectivity index (χ4v) is 5.61. The largest absolute Gasteiger partial charge is 0.481 e. The average molecular weight is 449 g/mol. The van der Waals surface area contributed by atoms with Gasteiger partial charge in [-0.3, -0.25) is 9.59 Å². The number of alkyl carbamates (subject to hydrolysis) is 1. The fourth-order valence-electron chi connectivity index (χ4n) is 5.61. The molecule has 33 heavy (non-hydrogen) atoms. The van der Waals surface area contributed by atoms with Crippen molar-refractivity contribution in [2.75, 3.05) is 19.7 Å². The highest BCUT2D eigenvalue weighted by Crippen LogP contribution is 2.51. The van der Waals surface area contributed by atoms with E-state index in [1.807, 2.05) is 24.3 Å². The number of likely N-dealkylation sites (tertiary alicyclic amines) is 1. The molecule has 2 amide bonds. The van der Waals surface area contributed by atoms with Gasteiger partial charge in [0.2, 0.25) is 5.91 Å². The number of rotatable bonds is 6. The van der Waals surface area contributed by atoms with E-state index in [2.05, 4.69) is 29.6 Å². The highest BCUT2D eigenvalue weighted by atomic mass is 16.5. The molecule has 1 saturated carbocycles. The predicted octanol–water partition coefficient (Wildman–Crippen LogP) is 3.48. The van der Waals surface area contributed by atoms with Crippen molar-refractivity contribution < 1.29 is 24.2 Å². The number of fused-ring (bicyclic) bond motifs is 4. The lowest BCUT2D eigenvalue weighted by Gasteiger charge is -2.27. The van der Waals surface area contributed by atoms with Crippen LogP contribution in [0.1, 0.15) is 36.8 Å². The van der Waals surface area contributed by atoms with E-state index < -0.39 is 12.1 Å². The third kappa shape index (κ3) is 4.08. The van der Waals surface area contributed by atoms with Gasteiger partial charge in [-0.15, -0.1) is 0 Å². The molecular weight excluding hydrogens is 420 g/mol. The molecule has 1 saturated heterocycles. The first kappa shape index (κ1) is 21.5. The first-order valence-corrected chi connectivity index (χ1v) is 11.6. The van der Waals surface area contributed by atoms with Gasteiger partial charge < -0.3 is 20.1 Å². The maximum Gasteiger partial charge on any atom is 0.407 e. The summed E-state index contributed by atoms with van der Waals surface area (Å²) in [5, 5.41) is 12.0. The molecule has 0 aromatic heterocycles. The van der Waals surface area contributed by atoms with Crippen LogP contribution in [-0.4, -0.2) is 53.7 Å². The Morgan fingerprint density at radius 3 is 2.33 bits per heavy atom. The minimum atomic E-state index is -0.760. The number of nitrogens with zero attached hydrogens (tertiary/aromatic N) is 1. The van der Waals surface area contributed by atoms with Crippen LogP contribution in [0.2, 0.25) is 0 Å². The lowest BCUT2D eigenvalue weighted by molar-refractivity contribution is -0.139. The van der Waals surface area contributed by atoms with Gasteiger partial charge in [-0.05, 0) is 47.4 Å². The van der Waals surface area contributed by atoms with E-state index in [1.165, 1.54) is 11.1 Å². The summed E-state index contributed by atoms with van der Waals surface area (Å²) in [6, 6.07) is 16.0. The number of carbonyl (C=O) groups excluding carboxylic acids is 2. The molecule has 1 aliphatic heterocycles. The molecule has 7 heteroatoms. The van der Waals surface area contributed by atoms with Gasteiger partial charge >= 0.3 is 12.1 Å². The number of carboxylic acid groups (broad SMARTS) is 1. The van der Waals surface area contributed by atoms with Crippen LogP contribution in [0, 0.1) is 17.8 Å². The number of carbonyl (C=O) groups is 3. The zero-order chi connectivity index (χ0) is 23.1. The molecule has 2 fully saturated rings. The topological polar surface area (TPSA) is 95.9 Å². The van der Waals surface area contributed by atoms with Gasteiger partial charge in [0.25, 0.3) is 0 Å². The van der Waals surface area contributed by atoms with Crippen molar-refractivity contribution in [3.8, 4) is 11.1 Å². The monoisotopic (exact) mass is 448 g/mol. The second-order valence-corrected chi connectivity index (χ2v) is 9.40. The quantitative estimate of drug-likeness (QED) is 0.705. The van der Waals surface area contributed by atoms with Crippen LogP contribution in [0.15, 0.2) is 48.5 Å². The number of amides is 2. The molecule has 7 nitrogen and oxygen atoms in total. The number of benzene rings is 2. The Morgan fingerprint density at radius 1 is 1.06 bits per heavy atom. The second-order valence-electron chi connectivity index (χ2n) is 9.40. The number of aliphatic carboxylic acids is 1. The summed E-state index contributed by atoms with van der Waals surface area (Å²) in [6.07, 6.45) is 0.366. The normalized spacial score (nSPS) is 23.7. The van der Waals surface area contributed by atoms with E-state index in [0.29, 0.717) is 13.1 Å². The van der Waals surface area contributed by atoms with E-state index in [0.717, 1.165) is 17.5 Å². The van der Waals surface area contributed by atoms with E-state index in [9.17, 15) is 19.5 Å². The minimum absolute atomic E-state index is 0.0119. The molecule has 5 rings (SSSR count). The molecule has 172 valence electrons. The predicted molar refractivity (Wildman–Crippen MR) is 122 cm³/mol. The minimum Gasteiger partial charge on any atom is -0.481 e. The number of nitrogens with one attached hydrogen (secondary N) is 1. The Bertz CT molecular complexity index is 1050. The molecular formula is C26H28N2O5. The lowest BCUT2D eigenvalue weighted by atomic mass is 9.98. The van der Waals surface area contributed by atoms with Crippen molar-refractivity contribution in [3.63, 3.8) is 0 Å². The lowest BCUT2D eigenvalue weighted by Crippen LogP contribution is -2.42. The van der Waals surface area contributed by atoms with Gasteiger partial charge in [0, 0.05) is 31.5 Å². The van der Waals surface area contributed by atoms with Gasteiger partial charge in [-0.2, -0.15) is 0 Å². The summed E-state index contributed by atoms with van der Waals surface area (Å²) in [4.78, 5) is 38.1. The Hall–Kier alpha value is -3.35. The third-order valence-electron chi connectivity index (χ3n) is 7.32. The maximum absolute atomic E-state index is 12.7. The summed E-state index contributed by atoms with van der Waals surface area (Å²) in [7, 11) is 0. The van der Waals surface area contributed by atoms with Crippen LogP contribution in [0.25, 0.3) is 11.1 Å². The zero-order valence-corrected chi connectivity index (χ0v) is 18.6. The molecule has 1 unspecified atom stereocenters. The number of ether oxygens (including phenoxy) is 1. The van der Waals surface area contributed by atoms with Crippen LogP contribution < -0.4 is 5.32 Å². The van der Waals surface area contributed by atoms with Gasteiger partial charge in [-0.1, -0.05) is 48.5 Å². The van der Waals surface area contributed by atoms with E-state index in [4.69, 9.17) is 4.74 Å². The molecule has 0 spiro atoms. The Kier molecular flexibility index (Phi) is 5.56. The summed E-state index contributed by atoms with van der Waals surface area (Å²) in [6.45, 7) is 3.09. The Labute approximate surface area is 192 Å². The molecule has 2 aliphatic carbocycles. The van der Waals surface area contributed by atoms with Crippen molar-refractivity contribution in [2.24, 2.45) is 17.8 Å². The van der Waals surface area contributed by atoms with E-state index in [-0.39, 0.29) is 48.6 Å². The van der Waals surface area contributed by atoms with Crippen molar-refractivity contribution in [3.05, 3.63) is 59.7 Å². The van der Waals surface area contributed by atoms with Gasteiger partial charge in [0.15, 0.2) is 0 Å². The van der Waals surface area contributed by atoms with Gasteiger partial charge in [0.1, 0.15) is 6.61 Å². The first-order chi connectivity index (χ1) is 15.9. The SMILES string of the molecule is C[C@@H](CC(=O)N1CC[C@@H]2C(C(=O)O)[C@@H]2C1)NC(=O)OCC1c2ccccc2-c2ccccc21. The summed E-state index contributed by atoms with van der Waals surface area (Å²) >= 11 is 0. The van der Waals surface area contributed by atoms with Gasteiger partial charge in [0.05, 0.1) is 5.92 Å². The van der Waals surface area contributed by atoms with Crippen LogP contribution in [0.5, 0.6) is 0 Å². The Morgan fingerprint density at radius 2 is 1.70 bits per heavy atom. The zero-order valence-electron chi connectivity index (χ0n) is 18.6. The summed E-state index contributed by atoms with van der Waals surface area (Å²) in [5.74, 6) is -0.852. The van der Waals surface area contributed by atoms with Crippen LogP contribution in [0.3, 0.4) is 0 Å². The molecule has 0 bridgehead atoms. The molecule has 0 radical (unpaired) electrons. The smallest absolute Gasteiger partial charge is 0.407 e. The van der Waals surface area contributed by atoms with Crippen molar-refractivity contribution in [1.29, 1.82) is 0 Å². The van der Waals surface area contributed by atoms with Crippen LogP contribution in [-0.2, 0) is 14.3 Å². The van der Waals surface area contributed by atoms with Crippen LogP contribution >= 0.6 is 0 Å². The average Bonchev–Trinajstić information content (AvgIpc) is 3.45. The summed E-state index contributed by atoms with van der Waals surface area (Å²) < 4.78 is 5.56. The number of hydrogen-bond donors (Lipinski definition) is 2. The first-order valence-electron chi connectivity index (χ1n) is 11.6. The standard InChI is InChI=1S/C26H28N2O5/c1-15(12-23(29)28-11-10-20-21(13-28)24(20)25(30)31)27-26(32)33-14-22-18-8-4-2-6-16(18)17-7-3-5-9-19(17)22/h2-9,15,20-22,24H,10-14H2,1H3,(H,27,32)(H,30,31)/t15-,20-,21+,24?/m0/s1. The highest BCUT2D eigenvalue weighted by molar-refractivity contribution is 5.80. The van der Waals surface area contributed by atoms with E-state index >= 15 is 0 Å². The fraction of sp³-hybridized carbons (Fsp3) is 0.423. The van der Waals surface area contributed by atoms with Crippen molar-refractivity contribution in [2.45, 2.75) is 31.7 Å². The summed E-state index contributed by atoms with van der Waals surface area (Å²) in [5.41, 5.74) is 4.65. The number of piperidine rings is 1. The molecule has 4 atom stereocenters. The van der Waals surface area contributed by atoms with Crippen LogP contribution in [0.4, 0.5) is 4.79 Å². The second kappa shape index (κ2) is 8.54. The molecule has 2 aromatic carbocycles. The maximum atomic E-state index is 12.7. The van der Waals surface area contributed by atoms with E-state index in [1.54, 1.807) is 11.8 Å². The third-order valence-corrected chi connectivity index (χ3v) is 7.32. The molecule has 3 aliphatic rings. The highest BCUT2D eigenvalue weighted by Gasteiger charge is 2.57. The molecule has 2 N–H and O–H groups in total. The van der Waals surface area contributed by atoms with Crippen molar-refractivity contribution in [1.82, 2.24) is 10.2 Å². The van der Waals surface area contributed by atoms with Crippen molar-refractivity contribution >= 4 is 18.0 Å². The number of hydrogen-bond acceptors (Lipinski definition) is 4. The van der Waals surface area contributed by atoms with Gasteiger partial charge in [-0.25, -0.2) is 4.79 Å². The molecule has 2 aromatic rings. The molecule has 1 heterocycles.